The van der Waals surface area contributed by atoms with E-state index >= 15 is 0 Å². The number of nitrogens with one attached hydrogen (secondary N) is 1. The molecule has 1 N–H and O–H groups in total. The standard InChI is InChI=1S/C15H17N3S2/c1-4-13-17-18-15(20-13)16-10(3)14-9(2)11-7-5-6-8-12(11)19-14/h5-8,10H,4H2,1-3H3,(H,16,18). The smallest absolute Gasteiger partial charge is 0.206 e. The van der Waals surface area contributed by atoms with E-state index in [9.17, 15) is 0 Å². The Morgan fingerprint density at radius 1 is 1.20 bits per heavy atom. The number of fused-ring (bicyclic) bond motifs is 1. The molecule has 0 amide bonds. The van der Waals surface area contributed by atoms with Gasteiger partial charge in [-0.1, -0.05) is 36.5 Å². The number of hydrogen-bond acceptors (Lipinski definition) is 5. The summed E-state index contributed by atoms with van der Waals surface area (Å²) in [4.78, 5) is 1.37. The van der Waals surface area contributed by atoms with E-state index in [1.54, 1.807) is 11.3 Å². The average molecular weight is 303 g/mol. The largest absolute Gasteiger partial charge is 0.353 e. The number of anilines is 1. The minimum absolute atomic E-state index is 0.255. The molecule has 3 rings (SSSR count). The van der Waals surface area contributed by atoms with Crippen molar-refractivity contribution in [2.24, 2.45) is 0 Å². The molecule has 0 fully saturated rings. The first-order valence-corrected chi connectivity index (χ1v) is 8.39. The predicted octanol–water partition coefficient (Wildman–Crippen LogP) is 4.80. The Morgan fingerprint density at radius 2 is 2.00 bits per heavy atom. The van der Waals surface area contributed by atoms with Gasteiger partial charge >= 0.3 is 0 Å². The lowest BCUT2D eigenvalue weighted by Crippen LogP contribution is -2.05. The van der Waals surface area contributed by atoms with Gasteiger partial charge in [0.05, 0.1) is 6.04 Å². The molecule has 0 aliphatic rings. The maximum absolute atomic E-state index is 4.20. The Labute approximate surface area is 126 Å². The molecule has 2 heterocycles. The summed E-state index contributed by atoms with van der Waals surface area (Å²) in [5, 5.41) is 15.2. The molecule has 0 spiro atoms. The van der Waals surface area contributed by atoms with E-state index in [1.165, 1.54) is 20.5 Å². The quantitative estimate of drug-likeness (QED) is 0.752. The number of nitrogens with zero attached hydrogens (tertiary/aromatic N) is 2. The van der Waals surface area contributed by atoms with Gasteiger partial charge in [0.25, 0.3) is 0 Å². The van der Waals surface area contributed by atoms with E-state index in [-0.39, 0.29) is 6.04 Å². The average Bonchev–Trinajstić information content (AvgIpc) is 3.04. The molecule has 0 radical (unpaired) electrons. The second-order valence-corrected chi connectivity index (χ2v) is 6.95. The second kappa shape index (κ2) is 5.50. The summed E-state index contributed by atoms with van der Waals surface area (Å²) in [7, 11) is 0. The van der Waals surface area contributed by atoms with Crippen molar-refractivity contribution in [3.8, 4) is 0 Å². The van der Waals surface area contributed by atoms with Gasteiger partial charge < -0.3 is 5.32 Å². The molecule has 0 saturated carbocycles. The molecule has 2 aromatic heterocycles. The summed E-state index contributed by atoms with van der Waals surface area (Å²) >= 11 is 3.50. The Bertz CT molecular complexity index is 730. The number of rotatable bonds is 4. The minimum Gasteiger partial charge on any atom is -0.353 e. The molecular formula is C15H17N3S2. The highest BCUT2D eigenvalue weighted by Crippen LogP contribution is 2.36. The molecule has 3 aromatic rings. The van der Waals surface area contributed by atoms with Crippen molar-refractivity contribution in [3.63, 3.8) is 0 Å². The van der Waals surface area contributed by atoms with Crippen LogP contribution in [0.2, 0.25) is 0 Å². The fourth-order valence-electron chi connectivity index (χ4n) is 2.31. The lowest BCUT2D eigenvalue weighted by molar-refractivity contribution is 0.883. The Kier molecular flexibility index (Phi) is 3.72. The van der Waals surface area contributed by atoms with Crippen LogP contribution in [0.5, 0.6) is 0 Å². The molecule has 0 aliphatic heterocycles. The summed E-state index contributed by atoms with van der Waals surface area (Å²) in [5.41, 5.74) is 1.37. The normalized spacial score (nSPS) is 12.8. The SMILES string of the molecule is CCc1nnc(NC(C)c2sc3ccccc3c2C)s1. The lowest BCUT2D eigenvalue weighted by atomic mass is 10.1. The van der Waals surface area contributed by atoms with Crippen molar-refractivity contribution in [1.29, 1.82) is 0 Å². The van der Waals surface area contributed by atoms with E-state index in [2.05, 4.69) is 60.6 Å². The van der Waals surface area contributed by atoms with Crippen LogP contribution in [0.4, 0.5) is 5.13 Å². The summed E-state index contributed by atoms with van der Waals surface area (Å²) in [6.45, 7) is 6.48. The topological polar surface area (TPSA) is 37.8 Å². The van der Waals surface area contributed by atoms with Gasteiger partial charge in [-0.3, -0.25) is 0 Å². The van der Waals surface area contributed by atoms with Crippen LogP contribution in [0.25, 0.3) is 10.1 Å². The molecule has 104 valence electrons. The first-order chi connectivity index (χ1) is 9.69. The summed E-state index contributed by atoms with van der Waals surface area (Å²) in [6.07, 6.45) is 0.940. The second-order valence-electron chi connectivity index (χ2n) is 4.81. The highest BCUT2D eigenvalue weighted by atomic mass is 32.1. The van der Waals surface area contributed by atoms with Crippen LogP contribution in [-0.4, -0.2) is 10.2 Å². The molecule has 1 aromatic carbocycles. The molecule has 0 aliphatic carbocycles. The number of hydrogen-bond donors (Lipinski definition) is 1. The maximum atomic E-state index is 4.20. The molecule has 1 unspecified atom stereocenters. The monoisotopic (exact) mass is 303 g/mol. The van der Waals surface area contributed by atoms with Crippen LogP contribution >= 0.6 is 22.7 Å². The third-order valence-electron chi connectivity index (χ3n) is 3.38. The zero-order chi connectivity index (χ0) is 14.1. The highest BCUT2D eigenvalue weighted by Gasteiger charge is 2.15. The van der Waals surface area contributed by atoms with Gasteiger partial charge in [-0.2, -0.15) is 0 Å². The fourth-order valence-corrected chi connectivity index (χ4v) is 4.29. The Hall–Kier alpha value is -1.46. The van der Waals surface area contributed by atoms with E-state index in [0.717, 1.165) is 16.6 Å². The van der Waals surface area contributed by atoms with Gasteiger partial charge in [0, 0.05) is 9.58 Å². The van der Waals surface area contributed by atoms with Gasteiger partial charge in [-0.25, -0.2) is 0 Å². The molecular weight excluding hydrogens is 286 g/mol. The lowest BCUT2D eigenvalue weighted by Gasteiger charge is -2.11. The summed E-state index contributed by atoms with van der Waals surface area (Å²) in [6, 6.07) is 8.83. The molecule has 5 heteroatoms. The van der Waals surface area contributed by atoms with Crippen molar-refractivity contribution in [3.05, 3.63) is 39.7 Å². The van der Waals surface area contributed by atoms with Gasteiger partial charge in [-0.05, 0) is 37.3 Å². The Morgan fingerprint density at radius 3 is 2.70 bits per heavy atom. The minimum atomic E-state index is 0.255. The predicted molar refractivity (Wildman–Crippen MR) is 87.9 cm³/mol. The van der Waals surface area contributed by atoms with E-state index in [0.29, 0.717) is 0 Å². The van der Waals surface area contributed by atoms with Crippen LogP contribution in [-0.2, 0) is 6.42 Å². The summed E-state index contributed by atoms with van der Waals surface area (Å²) in [5.74, 6) is 0. The number of benzene rings is 1. The highest BCUT2D eigenvalue weighted by molar-refractivity contribution is 7.19. The molecule has 0 saturated heterocycles. The number of aromatic nitrogens is 2. The van der Waals surface area contributed by atoms with E-state index in [1.807, 2.05) is 11.3 Å². The Balaban J connectivity index is 1.88. The van der Waals surface area contributed by atoms with Crippen LogP contribution < -0.4 is 5.32 Å². The zero-order valence-electron chi connectivity index (χ0n) is 11.8. The van der Waals surface area contributed by atoms with Crippen LogP contribution in [0.3, 0.4) is 0 Å². The first-order valence-electron chi connectivity index (χ1n) is 6.76. The summed E-state index contributed by atoms with van der Waals surface area (Å²) < 4.78 is 1.35. The van der Waals surface area contributed by atoms with Gasteiger partial charge in [0.1, 0.15) is 5.01 Å². The van der Waals surface area contributed by atoms with Gasteiger partial charge in [0.15, 0.2) is 0 Å². The number of aryl methyl sites for hydroxylation is 2. The van der Waals surface area contributed by atoms with Crippen molar-refractivity contribution in [1.82, 2.24) is 10.2 Å². The third kappa shape index (κ3) is 2.43. The van der Waals surface area contributed by atoms with Crippen LogP contribution in [0.1, 0.15) is 35.3 Å². The van der Waals surface area contributed by atoms with Crippen molar-refractivity contribution in [2.75, 3.05) is 5.32 Å². The van der Waals surface area contributed by atoms with Gasteiger partial charge in [-0.15, -0.1) is 21.5 Å². The number of thiophene rings is 1. The van der Waals surface area contributed by atoms with Crippen molar-refractivity contribution >= 4 is 37.9 Å². The zero-order valence-corrected chi connectivity index (χ0v) is 13.4. The molecule has 1 atom stereocenters. The fraction of sp³-hybridized carbons (Fsp3) is 0.333. The van der Waals surface area contributed by atoms with Gasteiger partial charge in [0.2, 0.25) is 5.13 Å². The van der Waals surface area contributed by atoms with Crippen molar-refractivity contribution in [2.45, 2.75) is 33.2 Å². The van der Waals surface area contributed by atoms with E-state index < -0.39 is 0 Å². The van der Waals surface area contributed by atoms with Crippen LogP contribution in [0, 0.1) is 6.92 Å². The molecule has 0 bridgehead atoms. The van der Waals surface area contributed by atoms with Crippen LogP contribution in [0.15, 0.2) is 24.3 Å². The molecule has 20 heavy (non-hydrogen) atoms. The maximum Gasteiger partial charge on any atom is 0.206 e. The van der Waals surface area contributed by atoms with E-state index in [4.69, 9.17) is 0 Å². The van der Waals surface area contributed by atoms with Crippen molar-refractivity contribution < 1.29 is 0 Å². The first kappa shape index (κ1) is 13.5. The molecule has 3 nitrogen and oxygen atoms in total. The third-order valence-corrected chi connectivity index (χ3v) is 5.84.